The van der Waals surface area contributed by atoms with Crippen LogP contribution in [0.25, 0.3) is 22.0 Å². The summed E-state index contributed by atoms with van der Waals surface area (Å²) >= 11 is 1.35. The van der Waals surface area contributed by atoms with Crippen molar-refractivity contribution in [1.82, 2.24) is 30.2 Å². The maximum absolute atomic E-state index is 12.5. The molecule has 0 fully saturated rings. The van der Waals surface area contributed by atoms with Crippen molar-refractivity contribution in [2.24, 2.45) is 0 Å². The maximum atomic E-state index is 12.5. The lowest BCUT2D eigenvalue weighted by atomic mass is 10.2. The first-order chi connectivity index (χ1) is 12.6. The molecule has 4 rings (SSSR count). The summed E-state index contributed by atoms with van der Waals surface area (Å²) in [6.45, 7) is 0.468. The lowest BCUT2D eigenvalue weighted by Crippen LogP contribution is -1.98. The van der Waals surface area contributed by atoms with Gasteiger partial charge in [0.05, 0.1) is 17.6 Å². The van der Waals surface area contributed by atoms with Crippen LogP contribution in [0.15, 0.2) is 41.1 Å². The minimum atomic E-state index is -2.79. The Balaban J connectivity index is 1.50. The average molecular weight is 375 g/mol. The molecule has 0 unspecified atom stereocenters. The van der Waals surface area contributed by atoms with Gasteiger partial charge in [-0.25, -0.2) is 9.67 Å². The summed E-state index contributed by atoms with van der Waals surface area (Å²) in [5.74, 6) is -0.181. The highest BCUT2D eigenvalue weighted by Gasteiger charge is 2.18. The Kier molecular flexibility index (Phi) is 4.13. The highest BCUT2D eigenvalue weighted by atomic mass is 32.1. The highest BCUT2D eigenvalue weighted by molar-refractivity contribution is 7.15. The highest BCUT2D eigenvalue weighted by Crippen LogP contribution is 2.29. The molecule has 0 saturated heterocycles. The Bertz CT molecular complexity index is 1020. The number of thiophene rings is 1. The maximum Gasteiger partial charge on any atom is 0.314 e. The third-order valence-corrected chi connectivity index (χ3v) is 4.50. The van der Waals surface area contributed by atoms with Gasteiger partial charge in [0.15, 0.2) is 0 Å². The summed E-state index contributed by atoms with van der Waals surface area (Å²) < 4.78 is 31.7. The summed E-state index contributed by atoms with van der Waals surface area (Å²) in [7, 11) is 0. The number of rotatable bonds is 5. The molecule has 0 saturated carbocycles. The van der Waals surface area contributed by atoms with Crippen molar-refractivity contribution in [2.75, 3.05) is 5.73 Å². The molecule has 0 spiro atoms. The van der Waals surface area contributed by atoms with E-state index < -0.39 is 12.3 Å². The average Bonchev–Trinajstić information content (AvgIpc) is 3.36. The van der Waals surface area contributed by atoms with Crippen LogP contribution in [0.2, 0.25) is 0 Å². The topological polar surface area (TPSA) is 109 Å². The molecular weight excluding hydrogens is 364 g/mol. The molecule has 0 aliphatic heterocycles. The van der Waals surface area contributed by atoms with Crippen molar-refractivity contribution in [2.45, 2.75) is 13.0 Å². The fourth-order valence-electron chi connectivity index (χ4n) is 2.22. The van der Waals surface area contributed by atoms with Crippen LogP contribution >= 0.6 is 11.3 Å². The smallest absolute Gasteiger partial charge is 0.314 e. The van der Waals surface area contributed by atoms with E-state index in [1.807, 2.05) is 12.1 Å². The predicted octanol–water partition coefficient (Wildman–Crippen LogP) is 3.02. The fourth-order valence-corrected chi connectivity index (χ4v) is 3.15. The number of alkyl halides is 2. The molecule has 8 nitrogen and oxygen atoms in total. The van der Waals surface area contributed by atoms with Gasteiger partial charge in [0, 0.05) is 16.6 Å². The van der Waals surface area contributed by atoms with E-state index in [4.69, 9.17) is 10.2 Å². The summed E-state index contributed by atoms with van der Waals surface area (Å²) in [5, 5.41) is 15.2. The molecule has 0 amide bonds. The van der Waals surface area contributed by atoms with E-state index in [0.717, 1.165) is 10.4 Å². The van der Waals surface area contributed by atoms with E-state index in [-0.39, 0.29) is 5.89 Å². The second kappa shape index (κ2) is 6.59. The predicted molar refractivity (Wildman–Crippen MR) is 89.3 cm³/mol. The van der Waals surface area contributed by atoms with Crippen molar-refractivity contribution in [1.29, 1.82) is 0 Å². The van der Waals surface area contributed by atoms with Gasteiger partial charge in [-0.15, -0.1) is 26.6 Å². The van der Waals surface area contributed by atoms with Gasteiger partial charge in [0.1, 0.15) is 11.5 Å². The van der Waals surface area contributed by atoms with E-state index in [9.17, 15) is 8.78 Å². The largest absolute Gasteiger partial charge is 0.414 e. The number of pyridine rings is 1. The van der Waals surface area contributed by atoms with Crippen LogP contribution in [-0.2, 0) is 6.54 Å². The minimum Gasteiger partial charge on any atom is -0.414 e. The van der Waals surface area contributed by atoms with Crippen LogP contribution < -0.4 is 5.73 Å². The minimum absolute atomic E-state index is 0.0729. The molecule has 4 heterocycles. The van der Waals surface area contributed by atoms with Crippen LogP contribution in [0.1, 0.15) is 17.2 Å². The van der Waals surface area contributed by atoms with Gasteiger partial charge in [-0.3, -0.25) is 0 Å². The molecule has 0 aliphatic carbocycles. The molecular formula is C15H11F2N7OS. The Hall–Kier alpha value is -3.21. The quantitative estimate of drug-likeness (QED) is 0.571. The van der Waals surface area contributed by atoms with Crippen LogP contribution in [0.4, 0.5) is 14.6 Å². The molecule has 0 aromatic carbocycles. The van der Waals surface area contributed by atoms with Gasteiger partial charge in [-0.2, -0.15) is 8.78 Å². The van der Waals surface area contributed by atoms with Gasteiger partial charge < -0.3 is 10.2 Å². The lowest BCUT2D eigenvalue weighted by molar-refractivity contribution is 0.116. The van der Waals surface area contributed by atoms with Crippen molar-refractivity contribution in [3.05, 3.63) is 47.4 Å². The number of halogens is 2. The summed E-state index contributed by atoms with van der Waals surface area (Å²) in [6.07, 6.45) is 0.629. The van der Waals surface area contributed by atoms with E-state index in [2.05, 4.69) is 25.5 Å². The monoisotopic (exact) mass is 375 g/mol. The number of nitrogens with zero attached hydrogens (tertiary/aromatic N) is 6. The number of anilines is 1. The van der Waals surface area contributed by atoms with Gasteiger partial charge >= 0.3 is 6.43 Å². The third-order valence-electron chi connectivity index (χ3n) is 3.44. The number of nitrogen functional groups attached to an aromatic ring is 1. The van der Waals surface area contributed by atoms with Crippen LogP contribution in [-0.4, -0.2) is 30.2 Å². The zero-order valence-electron chi connectivity index (χ0n) is 13.1. The molecule has 0 atom stereocenters. The molecule has 11 heteroatoms. The number of hydrogen-bond acceptors (Lipinski definition) is 8. The van der Waals surface area contributed by atoms with E-state index in [1.165, 1.54) is 11.3 Å². The van der Waals surface area contributed by atoms with Gasteiger partial charge in [0.25, 0.3) is 11.8 Å². The molecule has 4 aromatic heterocycles. The second-order valence-corrected chi connectivity index (χ2v) is 6.45. The normalized spacial score (nSPS) is 11.3. The first-order valence-electron chi connectivity index (χ1n) is 7.41. The zero-order chi connectivity index (χ0) is 18.1. The first-order valence-corrected chi connectivity index (χ1v) is 8.23. The lowest BCUT2D eigenvalue weighted by Gasteiger charge is -1.96. The Morgan fingerprint density at radius 2 is 2.04 bits per heavy atom. The summed E-state index contributed by atoms with van der Waals surface area (Å²) in [4.78, 5) is 5.57. The molecule has 0 aliphatic rings. The second-order valence-electron chi connectivity index (χ2n) is 5.29. The molecule has 4 aromatic rings. The van der Waals surface area contributed by atoms with Crippen LogP contribution in [0.3, 0.4) is 0 Å². The van der Waals surface area contributed by atoms with Gasteiger partial charge in [-0.1, -0.05) is 5.21 Å². The summed E-state index contributed by atoms with van der Waals surface area (Å²) in [5.41, 5.74) is 7.05. The molecule has 26 heavy (non-hydrogen) atoms. The molecule has 0 radical (unpaired) electrons. The number of aromatic nitrogens is 6. The Morgan fingerprint density at radius 3 is 2.77 bits per heavy atom. The Morgan fingerprint density at radius 1 is 1.15 bits per heavy atom. The van der Waals surface area contributed by atoms with Gasteiger partial charge in [0.2, 0.25) is 0 Å². The van der Waals surface area contributed by atoms with Crippen molar-refractivity contribution >= 4 is 17.2 Å². The number of nitrogens with two attached hydrogens (primary N) is 1. The molecule has 132 valence electrons. The van der Waals surface area contributed by atoms with E-state index in [0.29, 0.717) is 22.9 Å². The SMILES string of the molecule is Nc1ccc(-c2cn(Cc3ccc(-c4nnc(C(F)F)o4)s3)nn2)cn1. The third kappa shape index (κ3) is 3.28. The van der Waals surface area contributed by atoms with Gasteiger partial charge in [-0.05, 0) is 24.3 Å². The fraction of sp³-hybridized carbons (Fsp3) is 0.133. The Labute approximate surface area is 149 Å². The van der Waals surface area contributed by atoms with Crippen molar-refractivity contribution in [3.8, 4) is 22.0 Å². The zero-order valence-corrected chi connectivity index (χ0v) is 13.9. The molecule has 0 bridgehead atoms. The van der Waals surface area contributed by atoms with Crippen LogP contribution in [0.5, 0.6) is 0 Å². The van der Waals surface area contributed by atoms with E-state index in [1.54, 1.807) is 29.2 Å². The summed E-state index contributed by atoms with van der Waals surface area (Å²) in [6, 6.07) is 7.09. The van der Waals surface area contributed by atoms with Crippen LogP contribution in [0, 0.1) is 0 Å². The van der Waals surface area contributed by atoms with E-state index >= 15 is 0 Å². The van der Waals surface area contributed by atoms with Crippen molar-refractivity contribution in [3.63, 3.8) is 0 Å². The first kappa shape index (κ1) is 16.3. The number of hydrogen-bond donors (Lipinski definition) is 1. The molecule has 2 N–H and O–H groups in total. The standard InChI is InChI=1S/C15H11F2N7OS/c16-13(17)15-22-21-14(25-15)11-3-2-9(26-11)6-24-7-10(20-23-24)8-1-4-12(18)19-5-8/h1-5,7,13H,6H2,(H2,18,19). The van der Waals surface area contributed by atoms with Crippen molar-refractivity contribution < 1.29 is 13.2 Å².